The minimum absolute atomic E-state index is 0.0621. The first-order valence-electron chi connectivity index (χ1n) is 7.84. The summed E-state index contributed by atoms with van der Waals surface area (Å²) in [5.74, 6) is -1.08. The summed E-state index contributed by atoms with van der Waals surface area (Å²) in [4.78, 5) is 12.3. The highest BCUT2D eigenvalue weighted by atomic mass is 19.4. The molecule has 0 aromatic heterocycles. The van der Waals surface area contributed by atoms with Gasteiger partial charge in [-0.2, -0.15) is 13.2 Å². The van der Waals surface area contributed by atoms with Crippen molar-refractivity contribution in [2.45, 2.75) is 58.5 Å². The van der Waals surface area contributed by atoms with Crippen molar-refractivity contribution in [2.75, 3.05) is 13.1 Å². The fourth-order valence-corrected chi connectivity index (χ4v) is 3.07. The normalized spacial score (nSPS) is 23.9. The highest BCUT2D eigenvalue weighted by molar-refractivity contribution is 5.82. The molecule has 0 unspecified atom stereocenters. The van der Waals surface area contributed by atoms with Crippen LogP contribution in [0, 0.1) is 17.3 Å². The second-order valence-corrected chi connectivity index (χ2v) is 6.16. The summed E-state index contributed by atoms with van der Waals surface area (Å²) in [6.45, 7) is 4.63. The first kappa shape index (κ1) is 18.3. The van der Waals surface area contributed by atoms with Gasteiger partial charge >= 0.3 is 6.18 Å². The van der Waals surface area contributed by atoms with Crippen LogP contribution in [-0.4, -0.2) is 25.2 Å². The SMILES string of the molecule is CCC(CC)(CN)C(=O)NCC1CCC(C(F)(F)F)CC1. The molecule has 1 rings (SSSR count). The molecule has 0 atom stereocenters. The van der Waals surface area contributed by atoms with Gasteiger partial charge in [0.1, 0.15) is 0 Å². The Morgan fingerprint density at radius 2 is 1.67 bits per heavy atom. The lowest BCUT2D eigenvalue weighted by Gasteiger charge is -2.32. The van der Waals surface area contributed by atoms with Crippen LogP contribution in [-0.2, 0) is 4.79 Å². The molecule has 21 heavy (non-hydrogen) atoms. The van der Waals surface area contributed by atoms with E-state index in [-0.39, 0.29) is 24.7 Å². The highest BCUT2D eigenvalue weighted by Crippen LogP contribution is 2.39. The Balaban J connectivity index is 2.42. The summed E-state index contributed by atoms with van der Waals surface area (Å²) in [6, 6.07) is 0. The fourth-order valence-electron chi connectivity index (χ4n) is 3.07. The van der Waals surface area contributed by atoms with Crippen LogP contribution >= 0.6 is 0 Å². The van der Waals surface area contributed by atoms with E-state index >= 15 is 0 Å². The lowest BCUT2D eigenvalue weighted by molar-refractivity contribution is -0.183. The number of hydrogen-bond donors (Lipinski definition) is 2. The van der Waals surface area contributed by atoms with Crippen LogP contribution in [0.4, 0.5) is 13.2 Å². The van der Waals surface area contributed by atoms with E-state index in [1.165, 1.54) is 0 Å². The molecule has 0 heterocycles. The van der Waals surface area contributed by atoms with Gasteiger partial charge < -0.3 is 11.1 Å². The van der Waals surface area contributed by atoms with Crippen LogP contribution in [0.3, 0.4) is 0 Å². The number of alkyl halides is 3. The van der Waals surface area contributed by atoms with Crippen LogP contribution in [0.1, 0.15) is 52.4 Å². The number of nitrogens with one attached hydrogen (secondary N) is 1. The van der Waals surface area contributed by atoms with E-state index in [0.29, 0.717) is 38.8 Å². The number of carbonyl (C=O) groups is 1. The van der Waals surface area contributed by atoms with E-state index in [2.05, 4.69) is 5.32 Å². The van der Waals surface area contributed by atoms with Crippen molar-refractivity contribution < 1.29 is 18.0 Å². The number of halogens is 3. The molecule has 0 bridgehead atoms. The topological polar surface area (TPSA) is 55.1 Å². The molecule has 3 nitrogen and oxygen atoms in total. The van der Waals surface area contributed by atoms with Gasteiger partial charge in [-0.05, 0) is 44.4 Å². The van der Waals surface area contributed by atoms with Gasteiger partial charge in [0.2, 0.25) is 5.91 Å². The maximum absolute atomic E-state index is 12.6. The van der Waals surface area contributed by atoms with Crippen molar-refractivity contribution in [3.63, 3.8) is 0 Å². The molecule has 124 valence electrons. The lowest BCUT2D eigenvalue weighted by atomic mass is 9.80. The molecule has 1 aliphatic rings. The molecule has 0 aromatic rings. The second kappa shape index (κ2) is 7.47. The highest BCUT2D eigenvalue weighted by Gasteiger charge is 2.41. The smallest absolute Gasteiger partial charge is 0.355 e. The summed E-state index contributed by atoms with van der Waals surface area (Å²) in [5.41, 5.74) is 5.18. The molecule has 1 saturated carbocycles. The van der Waals surface area contributed by atoms with Crippen LogP contribution in [0.25, 0.3) is 0 Å². The minimum atomic E-state index is -4.08. The molecule has 0 aliphatic heterocycles. The van der Waals surface area contributed by atoms with Gasteiger partial charge in [-0.25, -0.2) is 0 Å². The molecule has 0 aromatic carbocycles. The molecule has 3 N–H and O–H groups in total. The van der Waals surface area contributed by atoms with E-state index < -0.39 is 17.5 Å². The van der Waals surface area contributed by atoms with Crippen molar-refractivity contribution in [3.8, 4) is 0 Å². The molecule has 6 heteroatoms. The van der Waals surface area contributed by atoms with E-state index in [1.807, 2.05) is 13.8 Å². The minimum Gasteiger partial charge on any atom is -0.355 e. The second-order valence-electron chi connectivity index (χ2n) is 6.16. The molecule has 0 saturated heterocycles. The Kier molecular flexibility index (Phi) is 6.50. The quantitative estimate of drug-likeness (QED) is 0.791. The number of rotatable bonds is 6. The summed E-state index contributed by atoms with van der Waals surface area (Å²) >= 11 is 0. The van der Waals surface area contributed by atoms with Gasteiger partial charge in [0.25, 0.3) is 0 Å². The number of nitrogens with two attached hydrogens (primary N) is 1. The van der Waals surface area contributed by atoms with Crippen LogP contribution in [0.5, 0.6) is 0 Å². The Morgan fingerprint density at radius 3 is 2.05 bits per heavy atom. The zero-order valence-electron chi connectivity index (χ0n) is 12.9. The summed E-state index contributed by atoms with van der Waals surface area (Å²) in [6.07, 6.45) is -1.33. The predicted molar refractivity (Wildman–Crippen MR) is 76.6 cm³/mol. The first-order chi connectivity index (χ1) is 9.79. The van der Waals surface area contributed by atoms with Crippen molar-refractivity contribution in [1.82, 2.24) is 5.32 Å². The van der Waals surface area contributed by atoms with E-state index in [4.69, 9.17) is 5.73 Å². The molecule has 1 fully saturated rings. The lowest BCUT2D eigenvalue weighted by Crippen LogP contribution is -2.46. The monoisotopic (exact) mass is 308 g/mol. The number of hydrogen-bond acceptors (Lipinski definition) is 2. The summed E-state index contributed by atoms with van der Waals surface area (Å²) < 4.78 is 37.8. The fraction of sp³-hybridized carbons (Fsp3) is 0.933. The van der Waals surface area contributed by atoms with Crippen molar-refractivity contribution in [3.05, 3.63) is 0 Å². The van der Waals surface area contributed by atoms with Crippen LogP contribution < -0.4 is 11.1 Å². The molecule has 0 radical (unpaired) electrons. The van der Waals surface area contributed by atoms with E-state index in [0.717, 1.165) is 0 Å². The molecular weight excluding hydrogens is 281 g/mol. The summed E-state index contributed by atoms with van der Waals surface area (Å²) in [7, 11) is 0. The van der Waals surface area contributed by atoms with Crippen molar-refractivity contribution in [1.29, 1.82) is 0 Å². The van der Waals surface area contributed by atoms with Gasteiger partial charge in [-0.15, -0.1) is 0 Å². The molecule has 1 aliphatic carbocycles. The van der Waals surface area contributed by atoms with Gasteiger partial charge in [0.15, 0.2) is 0 Å². The average molecular weight is 308 g/mol. The number of amides is 1. The largest absolute Gasteiger partial charge is 0.391 e. The first-order valence-corrected chi connectivity index (χ1v) is 7.84. The van der Waals surface area contributed by atoms with Gasteiger partial charge in [0.05, 0.1) is 11.3 Å². The van der Waals surface area contributed by atoms with Crippen molar-refractivity contribution >= 4 is 5.91 Å². The third-order valence-corrected chi connectivity index (χ3v) is 5.09. The van der Waals surface area contributed by atoms with Gasteiger partial charge in [0, 0.05) is 13.1 Å². The third-order valence-electron chi connectivity index (χ3n) is 5.09. The maximum Gasteiger partial charge on any atom is 0.391 e. The zero-order valence-corrected chi connectivity index (χ0v) is 12.9. The number of carbonyl (C=O) groups excluding carboxylic acids is 1. The average Bonchev–Trinajstić information content (AvgIpc) is 2.47. The van der Waals surface area contributed by atoms with E-state index in [1.54, 1.807) is 0 Å². The molecular formula is C15H27F3N2O. The molecule has 0 spiro atoms. The Morgan fingerprint density at radius 1 is 1.14 bits per heavy atom. The van der Waals surface area contributed by atoms with Gasteiger partial charge in [-0.1, -0.05) is 13.8 Å². The Hall–Kier alpha value is -0.780. The standard InChI is InChI=1S/C15H27F3N2O/c1-3-14(4-2,10-19)13(21)20-9-11-5-7-12(8-6-11)15(16,17)18/h11-12H,3-10,19H2,1-2H3,(H,20,21). The van der Waals surface area contributed by atoms with E-state index in [9.17, 15) is 18.0 Å². The maximum atomic E-state index is 12.6. The summed E-state index contributed by atoms with van der Waals surface area (Å²) in [5, 5.41) is 2.90. The molecule has 1 amide bonds. The zero-order chi connectivity index (χ0) is 16.1. The predicted octanol–water partition coefficient (Wildman–Crippen LogP) is 3.24. The van der Waals surface area contributed by atoms with Crippen LogP contribution in [0.15, 0.2) is 0 Å². The third kappa shape index (κ3) is 4.59. The Labute approximate surface area is 124 Å². The Bertz CT molecular complexity index is 324. The van der Waals surface area contributed by atoms with Crippen molar-refractivity contribution in [2.24, 2.45) is 23.0 Å². The van der Waals surface area contributed by atoms with Crippen LogP contribution in [0.2, 0.25) is 0 Å². The van der Waals surface area contributed by atoms with Gasteiger partial charge in [-0.3, -0.25) is 4.79 Å².